The number of hydrogen-bond donors (Lipinski definition) is 0. The van der Waals surface area contributed by atoms with Gasteiger partial charge >= 0.3 is 0 Å². The molecule has 16 heavy (non-hydrogen) atoms. The fourth-order valence-corrected chi connectivity index (χ4v) is 1.77. The van der Waals surface area contributed by atoms with Gasteiger partial charge in [-0.05, 0) is 26.0 Å². The van der Waals surface area contributed by atoms with Gasteiger partial charge in [0.2, 0.25) is 0 Å². The molecule has 0 spiro atoms. The molecule has 0 radical (unpaired) electrons. The highest BCUT2D eigenvalue weighted by Gasteiger charge is 2.29. The number of benzene rings is 1. The number of Topliss-reactive ketones (excluding diaryl/α,β-unsaturated/α-hetero) is 1. The second-order valence-corrected chi connectivity index (χ2v) is 4.50. The van der Waals surface area contributed by atoms with Crippen molar-refractivity contribution >= 4 is 5.78 Å². The molecule has 0 saturated heterocycles. The molecular weight excluding hydrogens is 205 g/mol. The fraction of sp³-hybridized carbons (Fsp3) is 0.462. The monoisotopic (exact) mass is 221 g/mol. The van der Waals surface area contributed by atoms with Crippen molar-refractivity contribution in [2.24, 2.45) is 5.92 Å². The van der Waals surface area contributed by atoms with Crippen LogP contribution in [0.2, 0.25) is 0 Å². The van der Waals surface area contributed by atoms with Gasteiger partial charge in [0.1, 0.15) is 11.6 Å². The summed E-state index contributed by atoms with van der Waals surface area (Å²) >= 11 is 0. The van der Waals surface area contributed by atoms with E-state index in [4.69, 9.17) is 0 Å². The second-order valence-electron chi connectivity index (χ2n) is 4.50. The first-order valence-corrected chi connectivity index (χ1v) is 5.61. The Labute approximate surface area is 95.1 Å². The standard InChI is InChI=1S/C13H16FNO/c1-15(9-13(16)10-6-7-10)8-11-4-2-3-5-12(11)14/h2-5,10H,6-9H2,1H3. The van der Waals surface area contributed by atoms with Crippen molar-refractivity contribution in [2.75, 3.05) is 13.6 Å². The smallest absolute Gasteiger partial charge is 0.149 e. The normalized spacial score (nSPS) is 15.4. The van der Waals surface area contributed by atoms with Crippen LogP contribution in [0.25, 0.3) is 0 Å². The van der Waals surface area contributed by atoms with Crippen LogP contribution in [0.4, 0.5) is 4.39 Å². The Bertz CT molecular complexity index is 387. The molecule has 0 bridgehead atoms. The van der Waals surface area contributed by atoms with Crippen LogP contribution in [0.15, 0.2) is 24.3 Å². The van der Waals surface area contributed by atoms with Crippen molar-refractivity contribution in [3.05, 3.63) is 35.6 Å². The predicted octanol–water partition coefficient (Wildman–Crippen LogP) is 2.24. The first kappa shape index (κ1) is 11.3. The number of rotatable bonds is 5. The van der Waals surface area contributed by atoms with E-state index < -0.39 is 0 Å². The Morgan fingerprint density at radius 2 is 2.12 bits per heavy atom. The summed E-state index contributed by atoms with van der Waals surface area (Å²) in [6.45, 7) is 0.921. The third-order valence-electron chi connectivity index (χ3n) is 2.86. The van der Waals surface area contributed by atoms with E-state index >= 15 is 0 Å². The highest BCUT2D eigenvalue weighted by Crippen LogP contribution is 2.29. The molecule has 0 unspecified atom stereocenters. The molecule has 1 saturated carbocycles. The summed E-state index contributed by atoms with van der Waals surface area (Å²) in [5.41, 5.74) is 0.647. The van der Waals surface area contributed by atoms with E-state index in [2.05, 4.69) is 0 Å². The number of carbonyl (C=O) groups excluding carboxylic acids is 1. The summed E-state index contributed by atoms with van der Waals surface area (Å²) in [5.74, 6) is 0.370. The van der Waals surface area contributed by atoms with Crippen molar-refractivity contribution in [3.63, 3.8) is 0 Å². The van der Waals surface area contributed by atoms with Gasteiger partial charge in [-0.1, -0.05) is 18.2 Å². The van der Waals surface area contributed by atoms with Crippen LogP contribution in [-0.2, 0) is 11.3 Å². The van der Waals surface area contributed by atoms with E-state index in [-0.39, 0.29) is 11.7 Å². The van der Waals surface area contributed by atoms with E-state index in [9.17, 15) is 9.18 Å². The number of halogens is 1. The molecule has 0 aromatic heterocycles. The van der Waals surface area contributed by atoms with E-state index in [1.54, 1.807) is 12.1 Å². The van der Waals surface area contributed by atoms with Gasteiger partial charge in [0.25, 0.3) is 0 Å². The van der Waals surface area contributed by atoms with Gasteiger partial charge in [0.15, 0.2) is 0 Å². The second kappa shape index (κ2) is 4.74. The van der Waals surface area contributed by atoms with Gasteiger partial charge in [-0.15, -0.1) is 0 Å². The van der Waals surface area contributed by atoms with Gasteiger partial charge in [-0.3, -0.25) is 9.69 Å². The molecule has 1 fully saturated rings. The molecular formula is C13H16FNO. The first-order valence-electron chi connectivity index (χ1n) is 5.61. The van der Waals surface area contributed by atoms with Crippen molar-refractivity contribution in [3.8, 4) is 0 Å². The van der Waals surface area contributed by atoms with Crippen molar-refractivity contribution in [1.29, 1.82) is 0 Å². The lowest BCUT2D eigenvalue weighted by Crippen LogP contribution is -2.26. The Balaban J connectivity index is 1.89. The molecule has 0 aliphatic heterocycles. The molecule has 3 heteroatoms. The summed E-state index contributed by atoms with van der Waals surface area (Å²) in [4.78, 5) is 13.4. The van der Waals surface area contributed by atoms with Crippen LogP contribution >= 0.6 is 0 Å². The molecule has 86 valence electrons. The first-order chi connectivity index (χ1) is 7.66. The molecule has 0 amide bonds. The molecule has 2 rings (SSSR count). The molecule has 0 atom stereocenters. The third-order valence-corrected chi connectivity index (χ3v) is 2.86. The van der Waals surface area contributed by atoms with Crippen LogP contribution in [0.3, 0.4) is 0 Å². The molecule has 1 aliphatic rings. The molecule has 0 N–H and O–H groups in total. The number of likely N-dealkylation sites (N-methyl/N-ethyl adjacent to an activating group) is 1. The average Bonchev–Trinajstić information content (AvgIpc) is 3.04. The van der Waals surface area contributed by atoms with Gasteiger partial charge in [0, 0.05) is 18.0 Å². The van der Waals surface area contributed by atoms with Crippen molar-refractivity contribution in [2.45, 2.75) is 19.4 Å². The maximum atomic E-state index is 13.3. The summed E-state index contributed by atoms with van der Waals surface area (Å²) in [7, 11) is 1.85. The minimum Gasteiger partial charge on any atom is -0.298 e. The fourth-order valence-electron chi connectivity index (χ4n) is 1.77. The molecule has 1 aromatic rings. The molecule has 1 aliphatic carbocycles. The highest BCUT2D eigenvalue weighted by atomic mass is 19.1. The minimum absolute atomic E-state index is 0.201. The van der Waals surface area contributed by atoms with E-state index in [1.165, 1.54) is 6.07 Å². The van der Waals surface area contributed by atoms with Crippen LogP contribution in [0, 0.1) is 11.7 Å². The number of nitrogens with zero attached hydrogens (tertiary/aromatic N) is 1. The van der Waals surface area contributed by atoms with Crippen LogP contribution in [0.5, 0.6) is 0 Å². The number of carbonyl (C=O) groups is 1. The van der Waals surface area contributed by atoms with Crippen LogP contribution in [0.1, 0.15) is 18.4 Å². The van der Waals surface area contributed by atoms with E-state index in [1.807, 2.05) is 18.0 Å². The predicted molar refractivity (Wildman–Crippen MR) is 60.5 cm³/mol. The topological polar surface area (TPSA) is 20.3 Å². The molecule has 2 nitrogen and oxygen atoms in total. The largest absolute Gasteiger partial charge is 0.298 e. The van der Waals surface area contributed by atoms with Crippen LogP contribution in [-0.4, -0.2) is 24.3 Å². The highest BCUT2D eigenvalue weighted by molar-refractivity contribution is 5.84. The third kappa shape index (κ3) is 2.89. The van der Waals surface area contributed by atoms with Crippen molar-refractivity contribution in [1.82, 2.24) is 4.90 Å². The van der Waals surface area contributed by atoms with E-state index in [0.29, 0.717) is 24.4 Å². The summed E-state index contributed by atoms with van der Waals surface area (Å²) < 4.78 is 13.3. The lowest BCUT2D eigenvalue weighted by molar-refractivity contribution is -0.121. The molecule has 1 aromatic carbocycles. The number of ketones is 1. The van der Waals surface area contributed by atoms with Gasteiger partial charge in [-0.2, -0.15) is 0 Å². The zero-order chi connectivity index (χ0) is 11.5. The van der Waals surface area contributed by atoms with Gasteiger partial charge in [0.05, 0.1) is 6.54 Å². The Morgan fingerprint density at radius 3 is 2.75 bits per heavy atom. The quantitative estimate of drug-likeness (QED) is 0.760. The zero-order valence-electron chi connectivity index (χ0n) is 9.45. The SMILES string of the molecule is CN(CC(=O)C1CC1)Cc1ccccc1F. The van der Waals surface area contributed by atoms with Crippen LogP contribution < -0.4 is 0 Å². The Hall–Kier alpha value is -1.22. The zero-order valence-corrected chi connectivity index (χ0v) is 9.45. The maximum absolute atomic E-state index is 13.3. The molecule has 0 heterocycles. The van der Waals surface area contributed by atoms with Crippen molar-refractivity contribution < 1.29 is 9.18 Å². The summed E-state index contributed by atoms with van der Waals surface area (Å²) in [5, 5.41) is 0. The van der Waals surface area contributed by atoms with E-state index in [0.717, 1.165) is 12.8 Å². The minimum atomic E-state index is -0.201. The lowest BCUT2D eigenvalue weighted by atomic mass is 10.2. The Morgan fingerprint density at radius 1 is 1.44 bits per heavy atom. The Kier molecular flexibility index (Phi) is 3.34. The van der Waals surface area contributed by atoms with Gasteiger partial charge in [-0.25, -0.2) is 4.39 Å². The average molecular weight is 221 g/mol. The maximum Gasteiger partial charge on any atom is 0.149 e. The number of hydrogen-bond acceptors (Lipinski definition) is 2. The van der Waals surface area contributed by atoms with Gasteiger partial charge < -0.3 is 0 Å². The summed E-state index contributed by atoms with van der Waals surface area (Å²) in [6.07, 6.45) is 2.07. The lowest BCUT2D eigenvalue weighted by Gasteiger charge is -2.15. The summed E-state index contributed by atoms with van der Waals surface area (Å²) in [6, 6.07) is 6.70.